The van der Waals surface area contributed by atoms with Gasteiger partial charge in [0.2, 0.25) is 10.0 Å². The van der Waals surface area contributed by atoms with Crippen LogP contribution in [0.25, 0.3) is 0 Å². The molecule has 0 aliphatic rings. The average Bonchev–Trinajstić information content (AvgIpc) is 2.64. The maximum atomic E-state index is 12.4. The topological polar surface area (TPSA) is 75.6 Å². The molecule has 2 N–H and O–H groups in total. The zero-order chi connectivity index (χ0) is 19.4. The van der Waals surface area contributed by atoms with Gasteiger partial charge in [-0.15, -0.1) is 0 Å². The molecule has 0 atom stereocenters. The van der Waals surface area contributed by atoms with Gasteiger partial charge in [-0.05, 0) is 42.5 Å². The van der Waals surface area contributed by atoms with Crippen molar-refractivity contribution < 1.29 is 18.3 Å². The Kier molecular flexibility index (Phi) is 5.92. The summed E-state index contributed by atoms with van der Waals surface area (Å²) < 4.78 is 33.1. The van der Waals surface area contributed by atoms with E-state index in [4.69, 9.17) is 27.9 Å². The molecular formula is C19H15Cl2NO4S. The summed E-state index contributed by atoms with van der Waals surface area (Å²) in [5.41, 5.74) is 0.511. The Balaban J connectivity index is 1.84. The van der Waals surface area contributed by atoms with Crippen molar-refractivity contribution in [3.05, 3.63) is 82.3 Å². The van der Waals surface area contributed by atoms with E-state index in [1.807, 2.05) is 0 Å². The van der Waals surface area contributed by atoms with Gasteiger partial charge in [-0.2, -0.15) is 0 Å². The quantitative estimate of drug-likeness (QED) is 0.586. The second-order valence-electron chi connectivity index (χ2n) is 5.60. The van der Waals surface area contributed by atoms with Crippen LogP contribution < -0.4 is 9.46 Å². The van der Waals surface area contributed by atoms with E-state index < -0.39 is 10.0 Å². The minimum atomic E-state index is -3.69. The Morgan fingerprint density at radius 1 is 0.889 bits per heavy atom. The molecule has 8 heteroatoms. The van der Waals surface area contributed by atoms with Crippen molar-refractivity contribution in [3.8, 4) is 17.2 Å². The number of phenolic OH excluding ortho intramolecular Hbond substituents is 1. The van der Waals surface area contributed by atoms with Gasteiger partial charge in [0, 0.05) is 28.2 Å². The zero-order valence-electron chi connectivity index (χ0n) is 13.9. The van der Waals surface area contributed by atoms with Crippen LogP contribution in [-0.2, 0) is 16.6 Å². The first kappa shape index (κ1) is 19.5. The minimum absolute atomic E-state index is 0.0402. The molecule has 0 saturated carbocycles. The van der Waals surface area contributed by atoms with E-state index in [9.17, 15) is 13.5 Å². The molecule has 3 aromatic carbocycles. The van der Waals surface area contributed by atoms with Crippen LogP contribution in [0.15, 0.2) is 71.6 Å². The molecule has 3 aromatic rings. The molecule has 0 bridgehead atoms. The van der Waals surface area contributed by atoms with Crippen LogP contribution in [0.1, 0.15) is 5.56 Å². The summed E-state index contributed by atoms with van der Waals surface area (Å²) in [6.07, 6.45) is 0. The maximum absolute atomic E-state index is 12.4. The summed E-state index contributed by atoms with van der Waals surface area (Å²) >= 11 is 11.9. The normalized spacial score (nSPS) is 11.3. The number of halogens is 2. The van der Waals surface area contributed by atoms with Crippen molar-refractivity contribution in [3.63, 3.8) is 0 Å². The highest BCUT2D eigenvalue weighted by molar-refractivity contribution is 7.89. The highest BCUT2D eigenvalue weighted by Crippen LogP contribution is 2.35. The maximum Gasteiger partial charge on any atom is 0.240 e. The summed E-state index contributed by atoms with van der Waals surface area (Å²) in [7, 11) is -3.69. The fraction of sp³-hybridized carbons (Fsp3) is 0.0526. The molecule has 5 nitrogen and oxygen atoms in total. The van der Waals surface area contributed by atoms with Crippen molar-refractivity contribution >= 4 is 33.2 Å². The molecule has 3 rings (SSSR count). The highest BCUT2D eigenvalue weighted by atomic mass is 35.5. The van der Waals surface area contributed by atoms with E-state index >= 15 is 0 Å². The predicted molar refractivity (Wildman–Crippen MR) is 105 cm³/mol. The number of phenols is 1. The molecule has 140 valence electrons. The lowest BCUT2D eigenvalue weighted by molar-refractivity contribution is 0.408. The Morgan fingerprint density at radius 2 is 1.52 bits per heavy atom. The molecular weight excluding hydrogens is 409 g/mol. The molecule has 0 spiro atoms. The van der Waals surface area contributed by atoms with Gasteiger partial charge in [-0.3, -0.25) is 0 Å². The number of aromatic hydroxyl groups is 1. The molecule has 0 amide bonds. The van der Waals surface area contributed by atoms with Crippen molar-refractivity contribution in [2.45, 2.75) is 11.4 Å². The third kappa shape index (κ3) is 4.93. The molecule has 0 aromatic heterocycles. The fourth-order valence-corrected chi connectivity index (χ4v) is 3.73. The van der Waals surface area contributed by atoms with Crippen LogP contribution in [-0.4, -0.2) is 13.5 Å². The number of hydrogen-bond acceptors (Lipinski definition) is 4. The van der Waals surface area contributed by atoms with Gasteiger partial charge in [-0.25, -0.2) is 13.1 Å². The first-order chi connectivity index (χ1) is 12.8. The minimum Gasteiger partial charge on any atom is -0.504 e. The summed E-state index contributed by atoms with van der Waals surface area (Å²) in [6.45, 7) is -0.0402. The van der Waals surface area contributed by atoms with Gasteiger partial charge in [0.25, 0.3) is 0 Å². The molecule has 27 heavy (non-hydrogen) atoms. The summed E-state index contributed by atoms with van der Waals surface area (Å²) in [6, 6.07) is 17.3. The van der Waals surface area contributed by atoms with Crippen LogP contribution in [0.3, 0.4) is 0 Å². The molecule has 0 aliphatic carbocycles. The highest BCUT2D eigenvalue weighted by Gasteiger charge is 2.16. The fourth-order valence-electron chi connectivity index (χ4n) is 2.34. The second-order valence-corrected chi connectivity index (χ2v) is 8.24. The standard InChI is InChI=1S/C19H15Cl2NO4S/c20-14-6-8-18(26-19-9-7-15(21)11-17(19)23)13(10-14)12-22-27(24,25)16-4-2-1-3-5-16/h1-11,22-23H,12H2. The van der Waals surface area contributed by atoms with Crippen LogP contribution in [0.4, 0.5) is 0 Å². The Labute approximate surface area is 167 Å². The Hall–Kier alpha value is -2.25. The van der Waals surface area contributed by atoms with E-state index in [1.165, 1.54) is 24.3 Å². The lowest BCUT2D eigenvalue weighted by Crippen LogP contribution is -2.23. The van der Waals surface area contributed by atoms with Crippen LogP contribution in [0, 0.1) is 0 Å². The second kappa shape index (κ2) is 8.19. The van der Waals surface area contributed by atoms with Gasteiger partial charge >= 0.3 is 0 Å². The number of hydrogen-bond donors (Lipinski definition) is 2. The third-order valence-electron chi connectivity index (χ3n) is 3.67. The number of nitrogens with one attached hydrogen (secondary N) is 1. The zero-order valence-corrected chi connectivity index (χ0v) is 16.2. The van der Waals surface area contributed by atoms with Crippen LogP contribution >= 0.6 is 23.2 Å². The van der Waals surface area contributed by atoms with E-state index in [-0.39, 0.29) is 22.9 Å². The monoisotopic (exact) mass is 423 g/mol. The van der Waals surface area contributed by atoms with Crippen molar-refractivity contribution in [2.75, 3.05) is 0 Å². The lowest BCUT2D eigenvalue weighted by Gasteiger charge is -2.14. The largest absolute Gasteiger partial charge is 0.504 e. The van der Waals surface area contributed by atoms with E-state index in [2.05, 4.69) is 4.72 Å². The van der Waals surface area contributed by atoms with Gasteiger partial charge in [0.1, 0.15) is 5.75 Å². The lowest BCUT2D eigenvalue weighted by atomic mass is 10.2. The number of sulfonamides is 1. The smallest absolute Gasteiger partial charge is 0.240 e. The molecule has 0 radical (unpaired) electrons. The van der Waals surface area contributed by atoms with Gasteiger partial charge in [-0.1, -0.05) is 41.4 Å². The van der Waals surface area contributed by atoms with Crippen molar-refractivity contribution in [2.24, 2.45) is 0 Å². The average molecular weight is 424 g/mol. The number of ether oxygens (including phenoxy) is 1. The van der Waals surface area contributed by atoms with Gasteiger partial charge < -0.3 is 9.84 Å². The Morgan fingerprint density at radius 3 is 2.19 bits per heavy atom. The number of benzene rings is 3. The third-order valence-corrected chi connectivity index (χ3v) is 5.56. The van der Waals surface area contributed by atoms with E-state index in [1.54, 1.807) is 42.5 Å². The van der Waals surface area contributed by atoms with Crippen LogP contribution in [0.5, 0.6) is 17.2 Å². The van der Waals surface area contributed by atoms with Gasteiger partial charge in [0.15, 0.2) is 11.5 Å². The van der Waals surface area contributed by atoms with Gasteiger partial charge in [0.05, 0.1) is 4.90 Å². The van der Waals surface area contributed by atoms with E-state index in [0.717, 1.165) is 0 Å². The molecule has 0 unspecified atom stereocenters. The van der Waals surface area contributed by atoms with E-state index in [0.29, 0.717) is 21.4 Å². The SMILES string of the molecule is O=S(=O)(NCc1cc(Cl)ccc1Oc1ccc(Cl)cc1O)c1ccccc1. The predicted octanol–water partition coefficient (Wildman–Crippen LogP) is 4.97. The van der Waals surface area contributed by atoms with Crippen LogP contribution in [0.2, 0.25) is 10.0 Å². The molecule has 0 saturated heterocycles. The summed E-state index contributed by atoms with van der Waals surface area (Å²) in [4.78, 5) is 0.157. The first-order valence-corrected chi connectivity index (χ1v) is 10.1. The number of rotatable bonds is 6. The molecule has 0 fully saturated rings. The summed E-state index contributed by atoms with van der Waals surface area (Å²) in [5.74, 6) is 0.412. The molecule has 0 heterocycles. The first-order valence-electron chi connectivity index (χ1n) is 7.85. The Bertz CT molecular complexity index is 1060. The van der Waals surface area contributed by atoms with Crippen molar-refractivity contribution in [1.82, 2.24) is 4.72 Å². The van der Waals surface area contributed by atoms with Crippen molar-refractivity contribution in [1.29, 1.82) is 0 Å². The summed E-state index contributed by atoms with van der Waals surface area (Å²) in [5, 5.41) is 10.8. The molecule has 0 aliphatic heterocycles.